The van der Waals surface area contributed by atoms with E-state index in [1.807, 2.05) is 24.3 Å². The molecule has 0 bridgehead atoms. The van der Waals surface area contributed by atoms with E-state index in [9.17, 15) is 8.78 Å². The monoisotopic (exact) mass is 462 g/mol. The van der Waals surface area contributed by atoms with E-state index in [2.05, 4.69) is 6.58 Å². The largest absolute Gasteiger partial charge is 0.368 e. The van der Waals surface area contributed by atoms with Crippen molar-refractivity contribution in [1.82, 2.24) is 0 Å². The molecule has 1 saturated carbocycles. The van der Waals surface area contributed by atoms with E-state index >= 15 is 4.39 Å². The normalized spacial score (nSPS) is 21.9. The van der Waals surface area contributed by atoms with Crippen molar-refractivity contribution >= 4 is 6.08 Å². The van der Waals surface area contributed by atoms with E-state index in [0.29, 0.717) is 29.2 Å². The van der Waals surface area contributed by atoms with Gasteiger partial charge in [0.15, 0.2) is 11.6 Å². The zero-order valence-corrected chi connectivity index (χ0v) is 19.2. The number of rotatable bonds is 7. The molecule has 176 valence electrons. The third-order valence-corrected chi connectivity index (χ3v) is 7.44. The van der Waals surface area contributed by atoms with Gasteiger partial charge in [0.25, 0.3) is 0 Å². The summed E-state index contributed by atoms with van der Waals surface area (Å²) in [7, 11) is 0. The maximum atomic E-state index is 15.0. The summed E-state index contributed by atoms with van der Waals surface area (Å²) in [5.41, 5.74) is 4.03. The van der Waals surface area contributed by atoms with E-state index in [0.717, 1.165) is 49.7 Å². The lowest BCUT2D eigenvalue weighted by atomic mass is 9.76. The van der Waals surface area contributed by atoms with Crippen molar-refractivity contribution in [3.63, 3.8) is 0 Å². The summed E-state index contributed by atoms with van der Waals surface area (Å²) in [6, 6.07) is 16.2. The average Bonchev–Trinajstić information content (AvgIpc) is 3.70. The SMILES string of the molecule is C=Cc1ccc(-c2ccc(C3CCC(CCc4ccc(C5CO5)c(F)c4)CC3)c(F)c2F)cc1. The summed E-state index contributed by atoms with van der Waals surface area (Å²) < 4.78 is 49.4. The maximum Gasteiger partial charge on any atom is 0.166 e. The molecular formula is C30H29F3O. The second-order valence-corrected chi connectivity index (χ2v) is 9.59. The van der Waals surface area contributed by atoms with Gasteiger partial charge in [-0.3, -0.25) is 0 Å². The highest BCUT2D eigenvalue weighted by atomic mass is 19.2. The fraction of sp³-hybridized carbons (Fsp3) is 0.333. The first-order chi connectivity index (χ1) is 16.5. The Morgan fingerprint density at radius 2 is 1.56 bits per heavy atom. The van der Waals surface area contributed by atoms with Crippen LogP contribution in [0.3, 0.4) is 0 Å². The first kappa shape index (κ1) is 22.9. The van der Waals surface area contributed by atoms with Crippen LogP contribution in [0, 0.1) is 23.4 Å². The van der Waals surface area contributed by atoms with Crippen molar-refractivity contribution in [3.8, 4) is 11.1 Å². The minimum Gasteiger partial charge on any atom is -0.368 e. The van der Waals surface area contributed by atoms with Gasteiger partial charge < -0.3 is 4.74 Å². The molecule has 1 unspecified atom stereocenters. The predicted molar refractivity (Wildman–Crippen MR) is 130 cm³/mol. The van der Waals surface area contributed by atoms with Gasteiger partial charge in [0.1, 0.15) is 11.9 Å². The Bertz CT molecular complexity index is 1170. The average molecular weight is 463 g/mol. The Labute approximate surface area is 199 Å². The molecule has 2 aliphatic rings. The number of benzene rings is 3. The van der Waals surface area contributed by atoms with Crippen LogP contribution in [-0.4, -0.2) is 6.61 Å². The van der Waals surface area contributed by atoms with Crippen LogP contribution in [0.5, 0.6) is 0 Å². The first-order valence-corrected chi connectivity index (χ1v) is 12.1. The third kappa shape index (κ3) is 4.83. The Hall–Kier alpha value is -2.85. The number of epoxide rings is 1. The minimum atomic E-state index is -0.770. The second-order valence-electron chi connectivity index (χ2n) is 9.59. The van der Waals surface area contributed by atoms with Crippen LogP contribution in [0.15, 0.2) is 61.2 Å². The smallest absolute Gasteiger partial charge is 0.166 e. The summed E-state index contributed by atoms with van der Waals surface area (Å²) in [4.78, 5) is 0. The van der Waals surface area contributed by atoms with Gasteiger partial charge in [-0.05, 0) is 78.7 Å². The summed E-state index contributed by atoms with van der Waals surface area (Å²) in [6.45, 7) is 4.33. The lowest BCUT2D eigenvalue weighted by molar-refractivity contribution is 0.305. The molecule has 34 heavy (non-hydrogen) atoms. The van der Waals surface area contributed by atoms with E-state index in [-0.39, 0.29) is 23.4 Å². The molecule has 1 aliphatic carbocycles. The van der Waals surface area contributed by atoms with Gasteiger partial charge in [-0.15, -0.1) is 0 Å². The molecule has 3 aromatic rings. The van der Waals surface area contributed by atoms with Gasteiger partial charge in [-0.25, -0.2) is 13.2 Å². The molecule has 5 rings (SSSR count). The van der Waals surface area contributed by atoms with Gasteiger partial charge in [-0.1, -0.05) is 61.2 Å². The van der Waals surface area contributed by atoms with E-state index in [1.165, 1.54) is 0 Å². The molecule has 0 aromatic heterocycles. The standard InChI is InChI=1S/C30H29F3O/c1-2-19-5-10-22(11-6-19)24-15-16-25(30(33)29(24)32)23-12-7-20(8-13-23)3-4-21-9-14-26(27(31)17-21)28-18-34-28/h2,5-6,9-11,14-17,20,23,28H,1,3-4,7-8,12-13,18H2. The summed E-state index contributed by atoms with van der Waals surface area (Å²) in [5, 5.41) is 0. The van der Waals surface area contributed by atoms with Crippen molar-refractivity contribution in [3.05, 3.63) is 101 Å². The van der Waals surface area contributed by atoms with Crippen LogP contribution in [0.1, 0.15) is 66.4 Å². The van der Waals surface area contributed by atoms with Crippen molar-refractivity contribution in [2.75, 3.05) is 6.61 Å². The van der Waals surface area contributed by atoms with Gasteiger partial charge in [-0.2, -0.15) is 0 Å². The molecule has 1 saturated heterocycles. The molecular weight excluding hydrogens is 433 g/mol. The summed E-state index contributed by atoms with van der Waals surface area (Å²) in [5.74, 6) is -1.10. The Balaban J connectivity index is 1.19. The van der Waals surface area contributed by atoms with E-state index in [4.69, 9.17) is 4.74 Å². The highest BCUT2D eigenvalue weighted by molar-refractivity contribution is 5.66. The van der Waals surface area contributed by atoms with Crippen molar-refractivity contribution in [2.24, 2.45) is 5.92 Å². The minimum absolute atomic E-state index is 0.0400. The fourth-order valence-corrected chi connectivity index (χ4v) is 5.25. The zero-order chi connectivity index (χ0) is 23.7. The van der Waals surface area contributed by atoms with Crippen LogP contribution < -0.4 is 0 Å². The number of halogens is 3. The second kappa shape index (κ2) is 9.79. The van der Waals surface area contributed by atoms with Crippen LogP contribution in [-0.2, 0) is 11.2 Å². The molecule has 2 fully saturated rings. The Morgan fingerprint density at radius 3 is 2.21 bits per heavy atom. The molecule has 1 atom stereocenters. The number of hydrogen-bond donors (Lipinski definition) is 0. The predicted octanol–water partition coefficient (Wildman–Crippen LogP) is 8.39. The summed E-state index contributed by atoms with van der Waals surface area (Å²) in [6.07, 6.45) is 7.13. The van der Waals surface area contributed by atoms with Gasteiger partial charge in [0, 0.05) is 11.1 Å². The number of ether oxygens (including phenoxy) is 1. The van der Waals surface area contributed by atoms with Gasteiger partial charge >= 0.3 is 0 Å². The quantitative estimate of drug-likeness (QED) is 0.321. The number of hydrogen-bond acceptors (Lipinski definition) is 1. The molecule has 1 aliphatic heterocycles. The van der Waals surface area contributed by atoms with E-state index < -0.39 is 11.6 Å². The molecule has 1 nitrogen and oxygen atoms in total. The maximum absolute atomic E-state index is 15.0. The van der Waals surface area contributed by atoms with Crippen molar-refractivity contribution < 1.29 is 17.9 Å². The molecule has 0 N–H and O–H groups in total. The van der Waals surface area contributed by atoms with Crippen LogP contribution >= 0.6 is 0 Å². The molecule has 1 heterocycles. The van der Waals surface area contributed by atoms with Crippen molar-refractivity contribution in [1.29, 1.82) is 0 Å². The van der Waals surface area contributed by atoms with Crippen LogP contribution in [0.25, 0.3) is 17.2 Å². The van der Waals surface area contributed by atoms with Gasteiger partial charge in [0.2, 0.25) is 0 Å². The highest BCUT2D eigenvalue weighted by Gasteiger charge is 2.28. The van der Waals surface area contributed by atoms with Gasteiger partial charge in [0.05, 0.1) is 6.61 Å². The lowest BCUT2D eigenvalue weighted by Gasteiger charge is -2.29. The lowest BCUT2D eigenvalue weighted by Crippen LogP contribution is -2.15. The topological polar surface area (TPSA) is 12.5 Å². The third-order valence-electron chi connectivity index (χ3n) is 7.44. The first-order valence-electron chi connectivity index (χ1n) is 12.1. The van der Waals surface area contributed by atoms with Crippen LogP contribution in [0.4, 0.5) is 13.2 Å². The molecule has 0 spiro atoms. The molecule has 0 amide bonds. The summed E-state index contributed by atoms with van der Waals surface area (Å²) >= 11 is 0. The zero-order valence-electron chi connectivity index (χ0n) is 19.2. The Morgan fingerprint density at radius 1 is 0.853 bits per heavy atom. The number of aryl methyl sites for hydroxylation is 1. The molecule has 4 heteroatoms. The Kier molecular flexibility index (Phi) is 6.60. The van der Waals surface area contributed by atoms with E-state index in [1.54, 1.807) is 36.4 Å². The molecule has 0 radical (unpaired) electrons. The highest BCUT2D eigenvalue weighted by Crippen LogP contribution is 2.40. The fourth-order valence-electron chi connectivity index (χ4n) is 5.25. The molecule has 3 aromatic carbocycles. The van der Waals surface area contributed by atoms with Crippen molar-refractivity contribution in [2.45, 2.75) is 50.5 Å². The van der Waals surface area contributed by atoms with Crippen LogP contribution in [0.2, 0.25) is 0 Å².